The standard InChI is InChI=1S/C19H27FN4/c1-16(2)19-21-6-7-24(19)13-12-22-8-10-23(11-9-22)15-17-4-3-5-18(20)14-17/h3-7,14,16H,8-13,15H2,1-2H3. The van der Waals surface area contributed by atoms with E-state index in [1.165, 1.54) is 11.9 Å². The molecule has 0 amide bonds. The number of hydrogen-bond donors (Lipinski definition) is 0. The molecule has 0 atom stereocenters. The average molecular weight is 330 g/mol. The van der Waals surface area contributed by atoms with Gasteiger partial charge in [0.25, 0.3) is 0 Å². The van der Waals surface area contributed by atoms with Crippen molar-refractivity contribution in [2.24, 2.45) is 0 Å². The van der Waals surface area contributed by atoms with Crippen molar-refractivity contribution in [3.8, 4) is 0 Å². The first kappa shape index (κ1) is 17.1. The van der Waals surface area contributed by atoms with Crippen LogP contribution in [0.4, 0.5) is 4.39 Å². The number of hydrogen-bond acceptors (Lipinski definition) is 3. The smallest absolute Gasteiger partial charge is 0.123 e. The van der Waals surface area contributed by atoms with E-state index in [2.05, 4.69) is 39.4 Å². The number of rotatable bonds is 6. The van der Waals surface area contributed by atoms with Crippen molar-refractivity contribution in [1.29, 1.82) is 0 Å². The van der Waals surface area contributed by atoms with E-state index in [1.54, 1.807) is 12.1 Å². The van der Waals surface area contributed by atoms with Crippen LogP contribution in [0.1, 0.15) is 31.2 Å². The molecule has 0 aliphatic carbocycles. The van der Waals surface area contributed by atoms with E-state index < -0.39 is 0 Å². The minimum Gasteiger partial charge on any atom is -0.333 e. The quantitative estimate of drug-likeness (QED) is 0.814. The van der Waals surface area contributed by atoms with Crippen molar-refractivity contribution >= 4 is 0 Å². The minimum absolute atomic E-state index is 0.146. The van der Waals surface area contributed by atoms with Crippen LogP contribution in [0.2, 0.25) is 0 Å². The van der Waals surface area contributed by atoms with Gasteiger partial charge in [-0.25, -0.2) is 9.37 Å². The molecule has 1 aliphatic rings. The van der Waals surface area contributed by atoms with Crippen LogP contribution in [0.15, 0.2) is 36.7 Å². The molecule has 3 rings (SSSR count). The summed E-state index contributed by atoms with van der Waals surface area (Å²) in [6.45, 7) is 11.5. The Balaban J connectivity index is 1.44. The van der Waals surface area contributed by atoms with Crippen LogP contribution < -0.4 is 0 Å². The maximum absolute atomic E-state index is 13.3. The second kappa shape index (κ2) is 7.90. The lowest BCUT2D eigenvalue weighted by Crippen LogP contribution is -2.46. The van der Waals surface area contributed by atoms with Crippen molar-refractivity contribution in [1.82, 2.24) is 19.4 Å². The lowest BCUT2D eigenvalue weighted by Gasteiger charge is -2.34. The normalized spacial score (nSPS) is 16.8. The zero-order chi connectivity index (χ0) is 16.9. The molecule has 0 N–H and O–H groups in total. The predicted octanol–water partition coefficient (Wildman–Crippen LogP) is 2.96. The van der Waals surface area contributed by atoms with Crippen LogP contribution in [0, 0.1) is 5.82 Å². The Labute approximate surface area is 143 Å². The van der Waals surface area contributed by atoms with Gasteiger partial charge in [-0.05, 0) is 17.7 Å². The highest BCUT2D eigenvalue weighted by Gasteiger charge is 2.17. The van der Waals surface area contributed by atoms with Crippen molar-refractivity contribution in [3.63, 3.8) is 0 Å². The fourth-order valence-corrected chi connectivity index (χ4v) is 3.32. The molecular formula is C19H27FN4. The van der Waals surface area contributed by atoms with Gasteiger partial charge >= 0.3 is 0 Å². The van der Waals surface area contributed by atoms with Gasteiger partial charge in [-0.3, -0.25) is 9.80 Å². The molecule has 1 saturated heterocycles. The van der Waals surface area contributed by atoms with Gasteiger partial charge < -0.3 is 4.57 Å². The van der Waals surface area contributed by atoms with E-state index in [0.29, 0.717) is 5.92 Å². The van der Waals surface area contributed by atoms with Crippen molar-refractivity contribution in [2.45, 2.75) is 32.9 Å². The van der Waals surface area contributed by atoms with Crippen molar-refractivity contribution in [3.05, 3.63) is 53.9 Å². The monoisotopic (exact) mass is 330 g/mol. The van der Waals surface area contributed by atoms with E-state index in [0.717, 1.165) is 51.4 Å². The van der Waals surface area contributed by atoms with Gasteiger partial charge in [0.2, 0.25) is 0 Å². The first-order chi connectivity index (χ1) is 11.6. The molecule has 4 nitrogen and oxygen atoms in total. The molecule has 0 unspecified atom stereocenters. The number of nitrogens with zero attached hydrogens (tertiary/aromatic N) is 4. The molecule has 2 heterocycles. The Kier molecular flexibility index (Phi) is 5.63. The van der Waals surface area contributed by atoms with Crippen molar-refractivity contribution in [2.75, 3.05) is 32.7 Å². The summed E-state index contributed by atoms with van der Waals surface area (Å²) in [7, 11) is 0. The number of halogens is 1. The summed E-state index contributed by atoms with van der Waals surface area (Å²) in [4.78, 5) is 9.36. The number of piperazine rings is 1. The second-order valence-electron chi connectivity index (χ2n) is 6.88. The van der Waals surface area contributed by atoms with Gasteiger partial charge in [0.15, 0.2) is 0 Å². The maximum atomic E-state index is 13.3. The molecule has 5 heteroatoms. The summed E-state index contributed by atoms with van der Waals surface area (Å²) in [6, 6.07) is 6.93. The Bertz CT molecular complexity index is 644. The molecule has 130 valence electrons. The fraction of sp³-hybridized carbons (Fsp3) is 0.526. The Morgan fingerprint density at radius 3 is 2.54 bits per heavy atom. The molecule has 0 bridgehead atoms. The van der Waals surface area contributed by atoms with E-state index in [-0.39, 0.29) is 5.82 Å². The highest BCUT2D eigenvalue weighted by Crippen LogP contribution is 2.13. The van der Waals surface area contributed by atoms with Crippen LogP contribution in [0.3, 0.4) is 0 Å². The summed E-state index contributed by atoms with van der Waals surface area (Å²) in [5.41, 5.74) is 1.06. The van der Waals surface area contributed by atoms with E-state index in [9.17, 15) is 4.39 Å². The third-order valence-corrected chi connectivity index (χ3v) is 4.68. The summed E-state index contributed by atoms with van der Waals surface area (Å²) < 4.78 is 15.5. The Morgan fingerprint density at radius 2 is 1.83 bits per heavy atom. The molecule has 0 saturated carbocycles. The van der Waals surface area contributed by atoms with E-state index >= 15 is 0 Å². The highest BCUT2D eigenvalue weighted by atomic mass is 19.1. The zero-order valence-electron chi connectivity index (χ0n) is 14.7. The molecule has 1 aromatic carbocycles. The number of benzene rings is 1. The average Bonchev–Trinajstić information content (AvgIpc) is 3.03. The maximum Gasteiger partial charge on any atom is 0.123 e. The lowest BCUT2D eigenvalue weighted by atomic mass is 10.2. The van der Waals surface area contributed by atoms with Gasteiger partial charge in [0.1, 0.15) is 11.6 Å². The first-order valence-corrected chi connectivity index (χ1v) is 8.82. The predicted molar refractivity (Wildman–Crippen MR) is 94.4 cm³/mol. The molecule has 1 aliphatic heterocycles. The van der Waals surface area contributed by atoms with Gasteiger partial charge in [-0.15, -0.1) is 0 Å². The Morgan fingerprint density at radius 1 is 1.08 bits per heavy atom. The minimum atomic E-state index is -0.146. The first-order valence-electron chi connectivity index (χ1n) is 8.82. The fourth-order valence-electron chi connectivity index (χ4n) is 3.32. The molecule has 0 radical (unpaired) electrons. The van der Waals surface area contributed by atoms with E-state index in [1.807, 2.05) is 12.3 Å². The summed E-state index contributed by atoms with van der Waals surface area (Å²) in [6.07, 6.45) is 3.97. The molecule has 2 aromatic rings. The van der Waals surface area contributed by atoms with Crippen LogP contribution in [0.25, 0.3) is 0 Å². The molecule has 24 heavy (non-hydrogen) atoms. The van der Waals surface area contributed by atoms with Gasteiger partial charge in [-0.2, -0.15) is 0 Å². The summed E-state index contributed by atoms with van der Waals surface area (Å²) >= 11 is 0. The molecule has 0 spiro atoms. The lowest BCUT2D eigenvalue weighted by molar-refractivity contribution is 0.123. The molecular weight excluding hydrogens is 303 g/mol. The van der Waals surface area contributed by atoms with Crippen LogP contribution in [-0.2, 0) is 13.1 Å². The molecule has 1 aromatic heterocycles. The largest absolute Gasteiger partial charge is 0.333 e. The second-order valence-corrected chi connectivity index (χ2v) is 6.88. The SMILES string of the molecule is CC(C)c1nccn1CCN1CCN(Cc2cccc(F)c2)CC1. The van der Waals surface area contributed by atoms with Crippen LogP contribution in [-0.4, -0.2) is 52.1 Å². The van der Waals surface area contributed by atoms with Gasteiger partial charge in [0.05, 0.1) is 0 Å². The van der Waals surface area contributed by atoms with Crippen molar-refractivity contribution < 1.29 is 4.39 Å². The summed E-state index contributed by atoms with van der Waals surface area (Å²) in [5, 5.41) is 0. The zero-order valence-corrected chi connectivity index (χ0v) is 14.7. The Hall–Kier alpha value is -1.72. The van der Waals surface area contributed by atoms with Gasteiger partial charge in [0, 0.05) is 64.1 Å². The highest BCUT2D eigenvalue weighted by molar-refractivity contribution is 5.16. The molecule has 1 fully saturated rings. The van der Waals surface area contributed by atoms with Gasteiger partial charge in [-0.1, -0.05) is 26.0 Å². The third-order valence-electron chi connectivity index (χ3n) is 4.68. The van der Waals surface area contributed by atoms with Crippen LogP contribution in [0.5, 0.6) is 0 Å². The van der Waals surface area contributed by atoms with E-state index in [4.69, 9.17) is 0 Å². The summed E-state index contributed by atoms with van der Waals surface area (Å²) in [5.74, 6) is 1.48. The van der Waals surface area contributed by atoms with Crippen LogP contribution >= 0.6 is 0 Å². The third kappa shape index (κ3) is 4.42. The number of imidazole rings is 1. The topological polar surface area (TPSA) is 24.3 Å². The number of aromatic nitrogens is 2.